The van der Waals surface area contributed by atoms with Gasteiger partial charge < -0.3 is 20.6 Å². The number of piperidine rings is 1. The van der Waals surface area contributed by atoms with Crippen LogP contribution in [0.5, 0.6) is 0 Å². The van der Waals surface area contributed by atoms with Gasteiger partial charge in [-0.25, -0.2) is 8.78 Å². The van der Waals surface area contributed by atoms with Crippen molar-refractivity contribution >= 4 is 24.1 Å². The molecule has 0 aromatic carbocycles. The van der Waals surface area contributed by atoms with Crippen LogP contribution in [-0.2, 0) is 21.4 Å². The summed E-state index contributed by atoms with van der Waals surface area (Å²) >= 11 is 0. The average molecular weight is 401 g/mol. The minimum atomic E-state index is -2.71. The van der Waals surface area contributed by atoms with Crippen molar-refractivity contribution in [3.05, 3.63) is 12.3 Å². The highest BCUT2D eigenvalue weighted by atomic mass is 19.3. The predicted octanol–water partition coefficient (Wildman–Crippen LogP) is 0.685. The number of rotatable bonds is 4. The molecular weight excluding hydrogens is 376 g/mol. The number of hydrogen-bond acceptors (Lipinski definition) is 5. The van der Waals surface area contributed by atoms with Crippen molar-refractivity contribution in [1.29, 1.82) is 0 Å². The number of likely N-dealkylation sites (tertiary alicyclic amines) is 1. The van der Waals surface area contributed by atoms with E-state index in [1.165, 1.54) is 0 Å². The van der Waals surface area contributed by atoms with Gasteiger partial charge in [-0.05, 0) is 12.8 Å². The van der Waals surface area contributed by atoms with Crippen molar-refractivity contribution < 1.29 is 28.3 Å². The minimum Gasteiger partial charge on any atom is -0.483 e. The van der Waals surface area contributed by atoms with Crippen molar-refractivity contribution in [2.24, 2.45) is 13.0 Å². The quantitative estimate of drug-likeness (QED) is 0.639. The molecular formula is C17H25F2N5O4. The molecule has 0 radical (unpaired) electrons. The topological polar surface area (TPSA) is 117 Å². The SMILES string of the molecule is CNC(=O)C1(Nc2ccnn2C)CCN(C(=O)C2CC(F)(F)C2)CC1.O=CO. The number of halogens is 2. The lowest BCUT2D eigenvalue weighted by Gasteiger charge is -2.44. The highest BCUT2D eigenvalue weighted by Gasteiger charge is 2.51. The van der Waals surface area contributed by atoms with Crippen molar-refractivity contribution in [1.82, 2.24) is 20.0 Å². The molecule has 1 aromatic rings. The molecule has 156 valence electrons. The van der Waals surface area contributed by atoms with Crippen LogP contribution >= 0.6 is 0 Å². The van der Waals surface area contributed by atoms with Gasteiger partial charge in [0.25, 0.3) is 6.47 Å². The third kappa shape index (κ3) is 4.57. The zero-order chi connectivity index (χ0) is 20.9. The number of nitrogens with zero attached hydrogens (tertiary/aromatic N) is 3. The summed E-state index contributed by atoms with van der Waals surface area (Å²) < 4.78 is 27.6. The predicted molar refractivity (Wildman–Crippen MR) is 95.8 cm³/mol. The molecule has 11 heteroatoms. The monoisotopic (exact) mass is 401 g/mol. The third-order valence-corrected chi connectivity index (χ3v) is 5.22. The number of aryl methyl sites for hydroxylation is 1. The summed E-state index contributed by atoms with van der Waals surface area (Å²) in [6.07, 6.45) is 1.72. The highest BCUT2D eigenvalue weighted by Crippen LogP contribution is 2.43. The lowest BCUT2D eigenvalue weighted by Crippen LogP contribution is -2.60. The van der Waals surface area contributed by atoms with Gasteiger partial charge in [0.15, 0.2) is 0 Å². The molecule has 0 unspecified atom stereocenters. The van der Waals surface area contributed by atoms with Gasteiger partial charge in [-0.2, -0.15) is 5.10 Å². The molecule has 1 aliphatic carbocycles. The second-order valence-electron chi connectivity index (χ2n) is 7.02. The third-order valence-electron chi connectivity index (χ3n) is 5.22. The molecule has 0 bridgehead atoms. The molecule has 9 nitrogen and oxygen atoms in total. The van der Waals surface area contributed by atoms with Crippen molar-refractivity contribution in [3.63, 3.8) is 0 Å². The maximum absolute atomic E-state index is 13.0. The lowest BCUT2D eigenvalue weighted by atomic mass is 9.79. The maximum atomic E-state index is 13.0. The summed E-state index contributed by atoms with van der Waals surface area (Å²) in [6, 6.07) is 1.78. The summed E-state index contributed by atoms with van der Waals surface area (Å²) in [6.45, 7) is 0.471. The first-order valence-electron chi connectivity index (χ1n) is 8.91. The van der Waals surface area contributed by atoms with Crippen LogP contribution < -0.4 is 10.6 Å². The van der Waals surface area contributed by atoms with Crippen LogP contribution in [0.4, 0.5) is 14.6 Å². The van der Waals surface area contributed by atoms with Gasteiger partial charge in [0.1, 0.15) is 11.4 Å². The van der Waals surface area contributed by atoms with E-state index in [2.05, 4.69) is 15.7 Å². The summed E-state index contributed by atoms with van der Waals surface area (Å²) in [5.74, 6) is -2.97. The van der Waals surface area contributed by atoms with Gasteiger partial charge in [0, 0.05) is 52.0 Å². The summed E-state index contributed by atoms with van der Waals surface area (Å²) in [5.41, 5.74) is -0.844. The van der Waals surface area contributed by atoms with Crippen LogP contribution in [-0.4, -0.2) is 69.7 Å². The Balaban J connectivity index is 0.000000878. The minimum absolute atomic E-state index is 0.157. The number of carboxylic acid groups (broad SMARTS) is 1. The van der Waals surface area contributed by atoms with Crippen LogP contribution in [0.15, 0.2) is 12.3 Å². The molecule has 1 aromatic heterocycles. The Morgan fingerprint density at radius 1 is 1.32 bits per heavy atom. The molecule has 3 N–H and O–H groups in total. The fourth-order valence-electron chi connectivity index (χ4n) is 3.59. The van der Waals surface area contributed by atoms with E-state index in [4.69, 9.17) is 9.90 Å². The number of anilines is 1. The van der Waals surface area contributed by atoms with Gasteiger partial charge >= 0.3 is 0 Å². The van der Waals surface area contributed by atoms with Gasteiger partial charge in [-0.1, -0.05) is 0 Å². The molecule has 0 atom stereocenters. The number of hydrogen-bond donors (Lipinski definition) is 3. The highest BCUT2D eigenvalue weighted by molar-refractivity contribution is 5.89. The zero-order valence-corrected chi connectivity index (χ0v) is 15.8. The fraction of sp³-hybridized carbons (Fsp3) is 0.647. The second kappa shape index (κ2) is 8.53. The van der Waals surface area contributed by atoms with Crippen molar-refractivity contribution in [2.75, 3.05) is 25.5 Å². The number of alkyl halides is 2. The Labute approximate surface area is 161 Å². The van der Waals surface area contributed by atoms with E-state index in [-0.39, 0.29) is 31.1 Å². The van der Waals surface area contributed by atoms with E-state index in [0.717, 1.165) is 0 Å². The molecule has 1 saturated heterocycles. The van der Waals surface area contributed by atoms with Crippen molar-refractivity contribution in [3.8, 4) is 0 Å². The average Bonchev–Trinajstić information content (AvgIpc) is 3.04. The Kier molecular flexibility index (Phi) is 6.57. The largest absolute Gasteiger partial charge is 0.483 e. The summed E-state index contributed by atoms with van der Waals surface area (Å²) in [7, 11) is 3.35. The number of aromatic nitrogens is 2. The van der Waals surface area contributed by atoms with Crippen molar-refractivity contribution in [2.45, 2.75) is 37.1 Å². The smallest absolute Gasteiger partial charge is 0.290 e. The van der Waals surface area contributed by atoms with Gasteiger partial charge in [0.2, 0.25) is 17.7 Å². The normalized spacial score (nSPS) is 20.2. The van der Waals surface area contributed by atoms with Crippen LogP contribution in [0.25, 0.3) is 0 Å². The van der Waals surface area contributed by atoms with Gasteiger partial charge in [-0.15, -0.1) is 0 Å². The number of carbonyl (C=O) groups is 3. The van der Waals surface area contributed by atoms with Crippen LogP contribution in [0.1, 0.15) is 25.7 Å². The van der Waals surface area contributed by atoms with Crippen LogP contribution in [0.3, 0.4) is 0 Å². The Morgan fingerprint density at radius 3 is 2.32 bits per heavy atom. The molecule has 2 fully saturated rings. The van der Waals surface area contributed by atoms with E-state index >= 15 is 0 Å². The van der Waals surface area contributed by atoms with Gasteiger partial charge in [0.05, 0.1) is 6.20 Å². The van der Waals surface area contributed by atoms with Crippen LogP contribution in [0, 0.1) is 5.92 Å². The molecule has 2 aliphatic rings. The first-order chi connectivity index (χ1) is 13.2. The van der Waals surface area contributed by atoms with E-state index in [1.807, 2.05) is 0 Å². The number of nitrogens with one attached hydrogen (secondary N) is 2. The molecule has 28 heavy (non-hydrogen) atoms. The van der Waals surface area contributed by atoms with E-state index in [9.17, 15) is 18.4 Å². The maximum Gasteiger partial charge on any atom is 0.290 e. The zero-order valence-electron chi connectivity index (χ0n) is 15.8. The summed E-state index contributed by atoms with van der Waals surface area (Å²) in [5, 5.41) is 16.9. The molecule has 1 saturated carbocycles. The molecule has 1 aliphatic heterocycles. The number of likely N-dealkylation sites (N-methyl/N-ethyl adjacent to an activating group) is 1. The molecule has 2 amide bonds. The molecule has 2 heterocycles. The summed E-state index contributed by atoms with van der Waals surface area (Å²) in [4.78, 5) is 34.8. The lowest BCUT2D eigenvalue weighted by molar-refractivity contribution is -0.161. The first-order valence-corrected chi connectivity index (χ1v) is 8.91. The number of carbonyl (C=O) groups excluding carboxylic acids is 2. The Hall–Kier alpha value is -2.72. The van der Waals surface area contributed by atoms with E-state index < -0.39 is 17.4 Å². The second-order valence-corrected chi connectivity index (χ2v) is 7.02. The Bertz CT molecular complexity index is 708. The fourth-order valence-corrected chi connectivity index (χ4v) is 3.59. The Morgan fingerprint density at radius 2 is 1.89 bits per heavy atom. The standard InChI is InChI=1S/C16H23F2N5O2.CH2O2/c1-19-14(25)15(21-12-3-6-20-22(12)2)4-7-23(8-5-15)13(24)11-9-16(17,18)10-11;2-1-3/h3,6,11,21H,4-5,7-10H2,1-2H3,(H,19,25);1H,(H,2,3). The van der Waals surface area contributed by atoms with Gasteiger partial charge in [-0.3, -0.25) is 19.1 Å². The first kappa shape index (κ1) is 21.6. The van der Waals surface area contributed by atoms with E-state index in [1.54, 1.807) is 35.9 Å². The molecule has 3 rings (SSSR count). The molecule has 0 spiro atoms. The van der Waals surface area contributed by atoms with Crippen LogP contribution in [0.2, 0.25) is 0 Å². The number of amides is 2. The van der Waals surface area contributed by atoms with E-state index in [0.29, 0.717) is 31.7 Å².